The molecule has 1 N–H and O–H groups in total. The normalized spacial score (nSPS) is 9.27. The fourth-order valence-corrected chi connectivity index (χ4v) is 0.188. The summed E-state index contributed by atoms with van der Waals surface area (Å²) < 4.78 is 47.7. The SMILES string of the molecule is CC(=O)O.O=C(OC(=O)C(F)F)C(F)F. The zero-order chi connectivity index (χ0) is 12.6. The van der Waals surface area contributed by atoms with Gasteiger partial charge in [0.25, 0.3) is 5.97 Å². The summed E-state index contributed by atoms with van der Waals surface area (Å²) in [5.41, 5.74) is 0. The first-order valence-corrected chi connectivity index (χ1v) is 3.19. The maximum atomic E-state index is 11.2. The van der Waals surface area contributed by atoms with Crippen LogP contribution in [0.5, 0.6) is 0 Å². The molecule has 0 rings (SSSR count). The first-order chi connectivity index (χ1) is 6.68. The van der Waals surface area contributed by atoms with Gasteiger partial charge in [-0.1, -0.05) is 0 Å². The molecule has 0 bridgehead atoms. The van der Waals surface area contributed by atoms with Gasteiger partial charge in [0, 0.05) is 6.92 Å². The van der Waals surface area contributed by atoms with E-state index in [9.17, 15) is 27.2 Å². The number of esters is 2. The molecule has 15 heavy (non-hydrogen) atoms. The number of hydrogen-bond donors (Lipinski definition) is 1. The van der Waals surface area contributed by atoms with E-state index in [1.807, 2.05) is 0 Å². The van der Waals surface area contributed by atoms with Crippen molar-refractivity contribution in [2.75, 3.05) is 0 Å². The van der Waals surface area contributed by atoms with Gasteiger partial charge in [0.1, 0.15) is 0 Å². The molecule has 5 nitrogen and oxygen atoms in total. The number of halogens is 4. The molecule has 0 aromatic rings. The molecule has 0 unspecified atom stereocenters. The van der Waals surface area contributed by atoms with Crippen LogP contribution in [0.3, 0.4) is 0 Å². The van der Waals surface area contributed by atoms with Crippen LogP contribution in [0.25, 0.3) is 0 Å². The Labute approximate surface area is 80.6 Å². The summed E-state index contributed by atoms with van der Waals surface area (Å²) in [7, 11) is 0. The predicted octanol–water partition coefficient (Wildman–Crippen LogP) is 0.677. The van der Waals surface area contributed by atoms with Gasteiger partial charge in [0.2, 0.25) is 0 Å². The Bertz CT molecular complexity index is 218. The van der Waals surface area contributed by atoms with Crippen molar-refractivity contribution in [3.63, 3.8) is 0 Å². The minimum absolute atomic E-state index is 0.833. The van der Waals surface area contributed by atoms with E-state index >= 15 is 0 Å². The standard InChI is InChI=1S/C4H2F4O3.C2H4O2/c5-1(6)3(9)11-4(10)2(7)8;1-2(3)4/h1-2H;1H3,(H,3,4). The van der Waals surface area contributed by atoms with Gasteiger partial charge in [0.05, 0.1) is 0 Å². The van der Waals surface area contributed by atoms with Crippen molar-refractivity contribution in [1.29, 1.82) is 0 Å². The molecule has 0 saturated heterocycles. The van der Waals surface area contributed by atoms with E-state index in [4.69, 9.17) is 9.90 Å². The summed E-state index contributed by atoms with van der Waals surface area (Å²) in [4.78, 5) is 28.5. The molecule has 0 saturated carbocycles. The zero-order valence-corrected chi connectivity index (χ0v) is 7.25. The Hall–Kier alpha value is -1.67. The van der Waals surface area contributed by atoms with Gasteiger partial charge in [-0.25, -0.2) is 9.59 Å². The number of hydrogen-bond acceptors (Lipinski definition) is 4. The molecule has 0 aromatic carbocycles. The van der Waals surface area contributed by atoms with Crippen LogP contribution in [-0.4, -0.2) is 35.9 Å². The summed E-state index contributed by atoms with van der Waals surface area (Å²) in [5.74, 6) is -5.37. The van der Waals surface area contributed by atoms with Crippen molar-refractivity contribution < 1.29 is 41.8 Å². The van der Waals surface area contributed by atoms with Gasteiger partial charge >= 0.3 is 24.8 Å². The zero-order valence-electron chi connectivity index (χ0n) is 7.25. The third-order valence-corrected chi connectivity index (χ3v) is 0.558. The van der Waals surface area contributed by atoms with Crippen LogP contribution < -0.4 is 0 Å². The maximum absolute atomic E-state index is 11.2. The molecular formula is C6H6F4O5. The van der Waals surface area contributed by atoms with E-state index in [-0.39, 0.29) is 0 Å². The summed E-state index contributed by atoms with van der Waals surface area (Å²) in [6, 6.07) is 0. The number of ether oxygens (including phenoxy) is 1. The Morgan fingerprint density at radius 1 is 1.00 bits per heavy atom. The second-order valence-electron chi connectivity index (χ2n) is 1.86. The number of alkyl halides is 4. The van der Waals surface area contributed by atoms with Crippen molar-refractivity contribution in [3.05, 3.63) is 0 Å². The molecule has 0 radical (unpaired) electrons. The summed E-state index contributed by atoms with van der Waals surface area (Å²) in [5, 5.41) is 7.42. The minimum Gasteiger partial charge on any atom is -0.481 e. The lowest BCUT2D eigenvalue weighted by Gasteiger charge is -1.99. The molecule has 0 atom stereocenters. The van der Waals surface area contributed by atoms with Crippen LogP contribution in [0.4, 0.5) is 17.6 Å². The van der Waals surface area contributed by atoms with E-state index in [0.717, 1.165) is 6.92 Å². The fourth-order valence-electron chi connectivity index (χ4n) is 0.188. The van der Waals surface area contributed by atoms with Gasteiger partial charge in [-0.2, -0.15) is 17.6 Å². The number of aliphatic carboxylic acids is 1. The monoisotopic (exact) mass is 234 g/mol. The lowest BCUT2D eigenvalue weighted by molar-refractivity contribution is -0.174. The summed E-state index contributed by atoms with van der Waals surface area (Å²) >= 11 is 0. The molecule has 0 aliphatic carbocycles. The molecule has 0 aliphatic heterocycles. The van der Waals surface area contributed by atoms with Gasteiger partial charge in [0.15, 0.2) is 0 Å². The van der Waals surface area contributed by atoms with Crippen LogP contribution in [0, 0.1) is 0 Å². The lowest BCUT2D eigenvalue weighted by Crippen LogP contribution is -2.23. The highest BCUT2D eigenvalue weighted by Gasteiger charge is 2.26. The van der Waals surface area contributed by atoms with Crippen LogP contribution in [0.2, 0.25) is 0 Å². The lowest BCUT2D eigenvalue weighted by atomic mass is 10.7. The summed E-state index contributed by atoms with van der Waals surface area (Å²) in [6.07, 6.45) is -7.14. The first kappa shape index (κ1) is 15.8. The van der Waals surface area contributed by atoms with E-state index in [2.05, 4.69) is 4.74 Å². The maximum Gasteiger partial charge on any atom is 0.381 e. The number of carbonyl (C=O) groups is 3. The van der Waals surface area contributed by atoms with Gasteiger partial charge in [-0.3, -0.25) is 4.79 Å². The van der Waals surface area contributed by atoms with Crippen molar-refractivity contribution in [1.82, 2.24) is 0 Å². The highest BCUT2D eigenvalue weighted by Crippen LogP contribution is 2.00. The molecule has 0 aromatic heterocycles. The molecule has 0 spiro atoms. The van der Waals surface area contributed by atoms with Crippen LogP contribution >= 0.6 is 0 Å². The van der Waals surface area contributed by atoms with Gasteiger partial charge < -0.3 is 9.84 Å². The highest BCUT2D eigenvalue weighted by molar-refractivity contribution is 5.88. The van der Waals surface area contributed by atoms with Crippen molar-refractivity contribution in [2.45, 2.75) is 19.8 Å². The molecule has 9 heteroatoms. The average Bonchev–Trinajstić information content (AvgIpc) is 2.02. The Kier molecular flexibility index (Phi) is 8.11. The van der Waals surface area contributed by atoms with E-state index in [0.29, 0.717) is 0 Å². The fraction of sp³-hybridized carbons (Fsp3) is 0.500. The first-order valence-electron chi connectivity index (χ1n) is 3.19. The average molecular weight is 234 g/mol. The van der Waals surface area contributed by atoms with Crippen molar-refractivity contribution in [2.24, 2.45) is 0 Å². The van der Waals surface area contributed by atoms with Gasteiger partial charge in [-0.15, -0.1) is 0 Å². The van der Waals surface area contributed by atoms with E-state index < -0.39 is 30.8 Å². The largest absolute Gasteiger partial charge is 0.481 e. The topological polar surface area (TPSA) is 80.7 Å². The predicted molar refractivity (Wildman–Crippen MR) is 36.4 cm³/mol. The van der Waals surface area contributed by atoms with Crippen LogP contribution in [0.15, 0.2) is 0 Å². The Morgan fingerprint density at radius 3 is 1.33 bits per heavy atom. The molecule has 0 fully saturated rings. The number of carboxylic acid groups (broad SMARTS) is 1. The second kappa shape index (κ2) is 7.71. The van der Waals surface area contributed by atoms with E-state index in [1.54, 1.807) is 0 Å². The number of carboxylic acids is 1. The molecular weight excluding hydrogens is 228 g/mol. The number of rotatable bonds is 2. The molecule has 0 amide bonds. The van der Waals surface area contributed by atoms with Crippen LogP contribution in [0.1, 0.15) is 6.92 Å². The molecule has 0 heterocycles. The number of carbonyl (C=O) groups excluding carboxylic acids is 2. The van der Waals surface area contributed by atoms with Crippen molar-refractivity contribution in [3.8, 4) is 0 Å². The van der Waals surface area contributed by atoms with Crippen molar-refractivity contribution >= 4 is 17.9 Å². The molecule has 88 valence electrons. The second-order valence-corrected chi connectivity index (χ2v) is 1.86. The third-order valence-electron chi connectivity index (χ3n) is 0.558. The third kappa shape index (κ3) is 12.3. The van der Waals surface area contributed by atoms with E-state index in [1.165, 1.54) is 0 Å². The summed E-state index contributed by atoms with van der Waals surface area (Å²) in [6.45, 7) is 1.08. The quantitative estimate of drug-likeness (QED) is 0.431. The Morgan fingerprint density at radius 2 is 1.20 bits per heavy atom. The van der Waals surface area contributed by atoms with Crippen LogP contribution in [-0.2, 0) is 19.1 Å². The minimum atomic E-state index is -3.57. The smallest absolute Gasteiger partial charge is 0.381 e. The van der Waals surface area contributed by atoms with Gasteiger partial charge in [-0.05, 0) is 0 Å². The molecule has 0 aliphatic rings. The Balaban J connectivity index is 0. The highest BCUT2D eigenvalue weighted by atomic mass is 19.3.